The molecule has 0 bridgehead atoms. The second kappa shape index (κ2) is 5.97. The molecule has 1 aromatic carbocycles. The number of hydrogen-bond acceptors (Lipinski definition) is 4. The number of aryl methyl sites for hydroxylation is 2. The molecule has 0 radical (unpaired) electrons. The molecular weight excluding hydrogens is 290 g/mol. The van der Waals surface area contributed by atoms with Gasteiger partial charge in [0, 0.05) is 24.8 Å². The van der Waals surface area contributed by atoms with Gasteiger partial charge in [-0.25, -0.2) is 13.1 Å². The average molecular weight is 309 g/mol. The first kappa shape index (κ1) is 15.7. The van der Waals surface area contributed by atoms with Gasteiger partial charge in [-0.3, -0.25) is 4.68 Å². The predicted molar refractivity (Wildman–Crippen MR) is 79.1 cm³/mol. The number of nitrogens with one attached hydrogen (secondary N) is 1. The fraction of sp³-hybridized carbons (Fsp3) is 0.357. The third kappa shape index (κ3) is 3.31. The highest BCUT2D eigenvalue weighted by molar-refractivity contribution is 7.89. The summed E-state index contributed by atoms with van der Waals surface area (Å²) < 4.78 is 29.1. The summed E-state index contributed by atoms with van der Waals surface area (Å²) in [5.74, 6) is 0. The number of sulfonamides is 1. The minimum Gasteiger partial charge on any atom is -0.392 e. The molecule has 6 nitrogen and oxygen atoms in total. The Kier molecular flexibility index (Phi) is 4.46. The fourth-order valence-electron chi connectivity index (χ4n) is 2.00. The molecule has 0 spiro atoms. The molecule has 0 aliphatic rings. The monoisotopic (exact) mass is 309 g/mol. The van der Waals surface area contributed by atoms with Crippen molar-refractivity contribution >= 4 is 10.0 Å². The molecular formula is C14H19N3O3S. The topological polar surface area (TPSA) is 84.2 Å². The van der Waals surface area contributed by atoms with Crippen LogP contribution in [0.15, 0.2) is 29.3 Å². The lowest BCUT2D eigenvalue weighted by Gasteiger charge is -2.10. The Hall–Kier alpha value is -1.70. The number of aliphatic hydroxyl groups excluding tert-OH is 1. The van der Waals surface area contributed by atoms with E-state index in [2.05, 4.69) is 9.82 Å². The number of nitrogens with zero attached hydrogens (tertiary/aromatic N) is 2. The molecule has 21 heavy (non-hydrogen) atoms. The lowest BCUT2D eigenvalue weighted by molar-refractivity contribution is 0.281. The van der Waals surface area contributed by atoms with Crippen molar-refractivity contribution in [2.45, 2.75) is 31.9 Å². The van der Waals surface area contributed by atoms with Crippen molar-refractivity contribution in [1.29, 1.82) is 0 Å². The fourth-order valence-corrected chi connectivity index (χ4v) is 3.30. The van der Waals surface area contributed by atoms with Gasteiger partial charge in [0.05, 0.1) is 17.7 Å². The van der Waals surface area contributed by atoms with Crippen LogP contribution in [0.5, 0.6) is 0 Å². The molecule has 2 aromatic rings. The van der Waals surface area contributed by atoms with Gasteiger partial charge in [0.25, 0.3) is 0 Å². The maximum Gasteiger partial charge on any atom is 0.241 e. The molecule has 0 saturated heterocycles. The summed E-state index contributed by atoms with van der Waals surface area (Å²) in [7, 11) is -1.82. The number of aromatic nitrogens is 2. The molecule has 1 aromatic heterocycles. The van der Waals surface area contributed by atoms with E-state index in [4.69, 9.17) is 5.11 Å². The third-order valence-electron chi connectivity index (χ3n) is 3.51. The van der Waals surface area contributed by atoms with Crippen LogP contribution < -0.4 is 4.72 Å². The van der Waals surface area contributed by atoms with Gasteiger partial charge in [0.15, 0.2) is 0 Å². The second-order valence-corrected chi connectivity index (χ2v) is 6.70. The summed E-state index contributed by atoms with van der Waals surface area (Å²) in [6, 6.07) is 4.89. The van der Waals surface area contributed by atoms with Gasteiger partial charge in [-0.1, -0.05) is 12.1 Å². The first-order valence-corrected chi connectivity index (χ1v) is 8.01. The van der Waals surface area contributed by atoms with Crippen LogP contribution in [-0.4, -0.2) is 23.3 Å². The largest absolute Gasteiger partial charge is 0.392 e. The Labute approximate surface area is 124 Å². The summed E-state index contributed by atoms with van der Waals surface area (Å²) in [6.07, 6.45) is 1.65. The van der Waals surface area contributed by atoms with Gasteiger partial charge in [-0.05, 0) is 31.0 Å². The van der Waals surface area contributed by atoms with Crippen LogP contribution in [0.2, 0.25) is 0 Å². The van der Waals surface area contributed by atoms with E-state index in [0.29, 0.717) is 11.1 Å². The molecule has 0 aliphatic heterocycles. The Bertz CT molecular complexity index is 751. The van der Waals surface area contributed by atoms with Gasteiger partial charge in [0.2, 0.25) is 10.0 Å². The van der Waals surface area contributed by atoms with E-state index in [-0.39, 0.29) is 18.0 Å². The summed E-state index contributed by atoms with van der Waals surface area (Å²) in [6.45, 7) is 3.61. The van der Waals surface area contributed by atoms with Crippen molar-refractivity contribution in [2.75, 3.05) is 0 Å². The molecule has 1 heterocycles. The molecule has 0 fully saturated rings. The zero-order chi connectivity index (χ0) is 15.6. The van der Waals surface area contributed by atoms with E-state index in [0.717, 1.165) is 11.3 Å². The highest BCUT2D eigenvalue weighted by Crippen LogP contribution is 2.18. The van der Waals surface area contributed by atoms with Crippen molar-refractivity contribution in [3.05, 3.63) is 46.8 Å². The van der Waals surface area contributed by atoms with E-state index in [1.165, 1.54) is 6.07 Å². The van der Waals surface area contributed by atoms with Crippen molar-refractivity contribution in [2.24, 2.45) is 7.05 Å². The zero-order valence-electron chi connectivity index (χ0n) is 12.3. The first-order valence-electron chi connectivity index (χ1n) is 6.52. The Balaban J connectivity index is 2.24. The van der Waals surface area contributed by atoms with Crippen molar-refractivity contribution in [1.82, 2.24) is 14.5 Å². The normalized spacial score (nSPS) is 11.8. The van der Waals surface area contributed by atoms with E-state index < -0.39 is 10.0 Å². The summed E-state index contributed by atoms with van der Waals surface area (Å²) in [5, 5.41) is 13.2. The van der Waals surface area contributed by atoms with Gasteiger partial charge >= 0.3 is 0 Å². The van der Waals surface area contributed by atoms with Gasteiger partial charge < -0.3 is 5.11 Å². The summed E-state index contributed by atoms with van der Waals surface area (Å²) >= 11 is 0. The molecule has 0 unspecified atom stereocenters. The SMILES string of the molecule is Cc1ccc(CO)cc1S(=O)(=O)NCc1cnn(C)c1C. The zero-order valence-corrected chi connectivity index (χ0v) is 13.1. The number of aliphatic hydroxyl groups is 1. The molecule has 114 valence electrons. The van der Waals surface area contributed by atoms with E-state index in [1.807, 2.05) is 14.0 Å². The lowest BCUT2D eigenvalue weighted by Crippen LogP contribution is -2.24. The highest BCUT2D eigenvalue weighted by Gasteiger charge is 2.18. The quantitative estimate of drug-likeness (QED) is 0.863. The second-order valence-electron chi connectivity index (χ2n) is 4.96. The van der Waals surface area contributed by atoms with E-state index in [9.17, 15) is 8.42 Å². The number of benzene rings is 1. The van der Waals surface area contributed by atoms with Crippen LogP contribution in [0, 0.1) is 13.8 Å². The minimum atomic E-state index is -3.63. The average Bonchev–Trinajstić information content (AvgIpc) is 2.77. The molecule has 2 N–H and O–H groups in total. The maximum atomic E-state index is 12.4. The van der Waals surface area contributed by atoms with Crippen LogP contribution in [0.25, 0.3) is 0 Å². The highest BCUT2D eigenvalue weighted by atomic mass is 32.2. The van der Waals surface area contributed by atoms with Gasteiger partial charge in [-0.15, -0.1) is 0 Å². The van der Waals surface area contributed by atoms with Gasteiger partial charge in [-0.2, -0.15) is 5.10 Å². The number of rotatable bonds is 5. The van der Waals surface area contributed by atoms with Gasteiger partial charge in [0.1, 0.15) is 0 Å². The predicted octanol–water partition coefficient (Wildman–Crippen LogP) is 1.01. The lowest BCUT2D eigenvalue weighted by atomic mass is 10.2. The Morgan fingerprint density at radius 2 is 2.05 bits per heavy atom. The Morgan fingerprint density at radius 3 is 2.62 bits per heavy atom. The van der Waals surface area contributed by atoms with E-state index >= 15 is 0 Å². The van der Waals surface area contributed by atoms with Crippen molar-refractivity contribution in [3.8, 4) is 0 Å². The Morgan fingerprint density at radius 1 is 1.33 bits per heavy atom. The molecule has 2 rings (SSSR count). The molecule has 0 atom stereocenters. The molecule has 7 heteroatoms. The van der Waals surface area contributed by atoms with Crippen LogP contribution in [0.3, 0.4) is 0 Å². The minimum absolute atomic E-state index is 0.185. The van der Waals surface area contributed by atoms with Crippen LogP contribution in [0.4, 0.5) is 0 Å². The summed E-state index contributed by atoms with van der Waals surface area (Å²) in [4.78, 5) is 0.190. The third-order valence-corrected chi connectivity index (χ3v) is 5.06. The number of hydrogen-bond donors (Lipinski definition) is 2. The van der Waals surface area contributed by atoms with Crippen molar-refractivity contribution < 1.29 is 13.5 Å². The molecule has 0 aliphatic carbocycles. The first-order chi connectivity index (χ1) is 9.85. The van der Waals surface area contributed by atoms with E-state index in [1.54, 1.807) is 29.9 Å². The smallest absolute Gasteiger partial charge is 0.241 e. The van der Waals surface area contributed by atoms with Crippen LogP contribution in [-0.2, 0) is 30.2 Å². The molecule has 0 amide bonds. The standard InChI is InChI=1S/C14H19N3O3S/c1-10-4-5-12(9-18)6-14(10)21(19,20)16-8-13-7-15-17(3)11(13)2/h4-7,16,18H,8-9H2,1-3H3. The summed E-state index contributed by atoms with van der Waals surface area (Å²) in [5.41, 5.74) is 2.96. The van der Waals surface area contributed by atoms with Crippen LogP contribution in [0.1, 0.15) is 22.4 Å². The van der Waals surface area contributed by atoms with Crippen LogP contribution >= 0.6 is 0 Å². The van der Waals surface area contributed by atoms with Crippen molar-refractivity contribution in [3.63, 3.8) is 0 Å². The molecule has 0 saturated carbocycles. The maximum absolute atomic E-state index is 12.4.